The first-order valence-corrected chi connectivity index (χ1v) is 15.1. The number of anilines is 2. The van der Waals surface area contributed by atoms with E-state index in [0.717, 1.165) is 15.9 Å². The van der Waals surface area contributed by atoms with Gasteiger partial charge < -0.3 is 5.11 Å². The fourth-order valence-electron chi connectivity index (χ4n) is 7.88. The quantitative estimate of drug-likeness (QED) is 0.242. The van der Waals surface area contributed by atoms with Crippen molar-refractivity contribution in [3.05, 3.63) is 101 Å². The van der Waals surface area contributed by atoms with Crippen LogP contribution < -0.4 is 9.80 Å². The number of aromatic hydroxyl groups is 1. The third-order valence-electron chi connectivity index (χ3n) is 10.0. The summed E-state index contributed by atoms with van der Waals surface area (Å²) in [5, 5.41) is 9.93. The lowest BCUT2D eigenvalue weighted by Gasteiger charge is -2.44. The van der Waals surface area contributed by atoms with E-state index in [1.165, 1.54) is 38.1 Å². The zero-order valence-electron chi connectivity index (χ0n) is 25.0. The van der Waals surface area contributed by atoms with Crippen molar-refractivity contribution in [1.29, 1.82) is 0 Å². The van der Waals surface area contributed by atoms with Crippen LogP contribution in [0.1, 0.15) is 58.9 Å². The zero-order chi connectivity index (χ0) is 32.6. The number of imide groups is 2. The van der Waals surface area contributed by atoms with Gasteiger partial charge in [-0.25, -0.2) is 4.39 Å². The molecule has 1 saturated carbocycles. The molecular formula is C36H29FN2O7. The summed E-state index contributed by atoms with van der Waals surface area (Å²) in [4.78, 5) is 81.9. The number of amides is 4. The van der Waals surface area contributed by atoms with Crippen LogP contribution in [-0.2, 0) is 19.2 Å². The van der Waals surface area contributed by atoms with Gasteiger partial charge in [-0.15, -0.1) is 0 Å². The Morgan fingerprint density at radius 3 is 1.74 bits per heavy atom. The van der Waals surface area contributed by atoms with Crippen molar-refractivity contribution < 1.29 is 38.3 Å². The van der Waals surface area contributed by atoms with Crippen molar-refractivity contribution in [3.8, 4) is 5.75 Å². The number of benzene rings is 3. The lowest BCUT2D eigenvalue weighted by atomic mass is 9.57. The molecule has 3 aromatic carbocycles. The Balaban J connectivity index is 1.30. The first-order chi connectivity index (χ1) is 22.0. The minimum absolute atomic E-state index is 0.136. The number of phenols is 1. The lowest BCUT2D eigenvalue weighted by Crippen LogP contribution is -2.43. The van der Waals surface area contributed by atoms with E-state index in [-0.39, 0.29) is 30.3 Å². The van der Waals surface area contributed by atoms with Gasteiger partial charge in [-0.05, 0) is 98.8 Å². The third kappa shape index (κ3) is 4.34. The molecule has 3 aromatic rings. The van der Waals surface area contributed by atoms with Gasteiger partial charge in [-0.3, -0.25) is 38.6 Å². The summed E-state index contributed by atoms with van der Waals surface area (Å²) in [7, 11) is 0. The van der Waals surface area contributed by atoms with E-state index >= 15 is 0 Å². The van der Waals surface area contributed by atoms with Gasteiger partial charge in [0.1, 0.15) is 0 Å². The van der Waals surface area contributed by atoms with Crippen molar-refractivity contribution in [2.24, 2.45) is 29.6 Å². The largest absolute Gasteiger partial charge is 0.505 e. The SMILES string of the molecule is CC(=O)c1ccc(N2C(=O)[C@H]3[C@H](CC=C4[C@H]3C[C@H]3C(=O)N(c5ccc(C(C)=O)cc5)C(=O)[C@H]3[C@H]4c3ccc(O)c(F)c3)C2=O)cc1. The molecule has 2 aliphatic carbocycles. The van der Waals surface area contributed by atoms with E-state index in [1.54, 1.807) is 36.4 Å². The van der Waals surface area contributed by atoms with Crippen molar-refractivity contribution in [2.45, 2.75) is 32.6 Å². The van der Waals surface area contributed by atoms with E-state index in [4.69, 9.17) is 0 Å². The van der Waals surface area contributed by atoms with Crippen LogP contribution in [0.5, 0.6) is 5.75 Å². The molecule has 0 aromatic heterocycles. The average molecular weight is 621 g/mol. The number of fused-ring (bicyclic) bond motifs is 4. The normalized spacial score (nSPS) is 26.9. The molecular weight excluding hydrogens is 591 g/mol. The second-order valence-corrected chi connectivity index (χ2v) is 12.5. The van der Waals surface area contributed by atoms with Crippen LogP contribution in [0, 0.1) is 35.4 Å². The van der Waals surface area contributed by atoms with Gasteiger partial charge in [0.2, 0.25) is 23.6 Å². The molecule has 2 saturated heterocycles. The number of nitrogens with zero attached hydrogens (tertiary/aromatic N) is 2. The number of Topliss-reactive ketones (excluding diaryl/α,β-unsaturated/α-hetero) is 2. The monoisotopic (exact) mass is 620 g/mol. The first kappa shape index (κ1) is 29.5. The number of allylic oxidation sites excluding steroid dienone is 2. The molecule has 9 nitrogen and oxygen atoms in total. The predicted octanol–water partition coefficient (Wildman–Crippen LogP) is 4.98. The molecule has 232 valence electrons. The van der Waals surface area contributed by atoms with Crippen molar-refractivity contribution in [1.82, 2.24) is 0 Å². The summed E-state index contributed by atoms with van der Waals surface area (Å²) in [5.74, 6) is -8.17. The second-order valence-electron chi connectivity index (χ2n) is 12.5. The Labute approximate surface area is 263 Å². The smallest absolute Gasteiger partial charge is 0.238 e. The topological polar surface area (TPSA) is 129 Å². The molecule has 2 heterocycles. The Kier molecular flexibility index (Phi) is 6.84. The molecule has 4 amide bonds. The van der Waals surface area contributed by atoms with Crippen LogP contribution in [0.3, 0.4) is 0 Å². The predicted molar refractivity (Wildman–Crippen MR) is 163 cm³/mol. The number of ketones is 2. The Morgan fingerprint density at radius 2 is 1.22 bits per heavy atom. The number of halogens is 1. The second kappa shape index (κ2) is 10.7. The molecule has 0 unspecified atom stereocenters. The molecule has 2 aliphatic heterocycles. The minimum atomic E-state index is -0.912. The maximum absolute atomic E-state index is 14.8. The summed E-state index contributed by atoms with van der Waals surface area (Å²) in [5.41, 5.74) is 2.57. The van der Waals surface area contributed by atoms with E-state index in [9.17, 15) is 38.3 Å². The Morgan fingerprint density at radius 1 is 0.696 bits per heavy atom. The summed E-state index contributed by atoms with van der Waals surface area (Å²) in [6, 6.07) is 16.3. The van der Waals surface area contributed by atoms with E-state index in [2.05, 4.69) is 0 Å². The molecule has 7 rings (SSSR count). The maximum atomic E-state index is 14.8. The van der Waals surface area contributed by atoms with Gasteiger partial charge in [0, 0.05) is 17.0 Å². The molecule has 0 radical (unpaired) electrons. The van der Waals surface area contributed by atoms with Gasteiger partial charge in [0.15, 0.2) is 23.1 Å². The standard InChI is InChI=1S/C36H29FN2O7/c1-17(40)19-3-8-22(9-4-19)38-33(43)25-13-12-24-26(31(25)35(38)45)16-27-32(30(24)21-7-14-29(42)28(37)15-21)36(46)39(34(27)44)23-10-5-20(6-11-23)18(2)41/h3-12,14-15,25-27,30-32,42H,13,16H2,1-2H3/t25-,26+,27+,30-,31-,32+/m0/s1. The first-order valence-electron chi connectivity index (χ1n) is 15.1. The fourth-order valence-corrected chi connectivity index (χ4v) is 7.88. The Bertz CT molecular complexity index is 1900. The molecule has 0 spiro atoms. The van der Waals surface area contributed by atoms with Gasteiger partial charge in [0.05, 0.1) is 35.0 Å². The average Bonchev–Trinajstić information content (AvgIpc) is 3.45. The van der Waals surface area contributed by atoms with Crippen molar-refractivity contribution in [2.75, 3.05) is 9.80 Å². The summed E-state index contributed by atoms with van der Waals surface area (Å²) in [6.45, 7) is 2.84. The minimum Gasteiger partial charge on any atom is -0.505 e. The van der Waals surface area contributed by atoms with Crippen LogP contribution in [0.15, 0.2) is 78.4 Å². The molecule has 6 atom stereocenters. The molecule has 4 aliphatic rings. The van der Waals surface area contributed by atoms with Crippen LogP contribution in [0.4, 0.5) is 15.8 Å². The van der Waals surface area contributed by atoms with Crippen molar-refractivity contribution >= 4 is 46.6 Å². The summed E-state index contributed by atoms with van der Waals surface area (Å²) in [6.07, 6.45) is 2.21. The lowest BCUT2D eigenvalue weighted by molar-refractivity contribution is -0.126. The van der Waals surface area contributed by atoms with E-state index in [1.807, 2.05) is 6.08 Å². The van der Waals surface area contributed by atoms with Crippen LogP contribution in [0.25, 0.3) is 0 Å². The van der Waals surface area contributed by atoms with Crippen molar-refractivity contribution in [3.63, 3.8) is 0 Å². The van der Waals surface area contributed by atoms with Gasteiger partial charge in [0.25, 0.3) is 0 Å². The molecule has 3 fully saturated rings. The maximum Gasteiger partial charge on any atom is 0.238 e. The van der Waals surface area contributed by atoms with Gasteiger partial charge in [-0.1, -0.05) is 17.7 Å². The number of rotatable bonds is 5. The van der Waals surface area contributed by atoms with E-state index < -0.39 is 64.8 Å². The highest BCUT2D eigenvalue weighted by Gasteiger charge is 2.62. The van der Waals surface area contributed by atoms with E-state index in [0.29, 0.717) is 33.6 Å². The zero-order valence-corrected chi connectivity index (χ0v) is 25.0. The Hall–Kier alpha value is -5.25. The fraction of sp³-hybridized carbons (Fsp3) is 0.278. The van der Waals surface area contributed by atoms with Gasteiger partial charge in [-0.2, -0.15) is 0 Å². The highest BCUT2D eigenvalue weighted by molar-refractivity contribution is 6.24. The number of hydrogen-bond acceptors (Lipinski definition) is 7. The number of phenolic OH excluding ortho intramolecular Hbond substituents is 1. The number of hydrogen-bond donors (Lipinski definition) is 1. The third-order valence-corrected chi connectivity index (χ3v) is 10.0. The highest BCUT2D eigenvalue weighted by Crippen LogP contribution is 2.58. The molecule has 46 heavy (non-hydrogen) atoms. The number of carbonyl (C=O) groups excluding carboxylic acids is 6. The number of carbonyl (C=O) groups is 6. The summed E-state index contributed by atoms with van der Waals surface area (Å²) < 4.78 is 14.8. The molecule has 10 heteroatoms. The summed E-state index contributed by atoms with van der Waals surface area (Å²) >= 11 is 0. The van der Waals surface area contributed by atoms with Crippen LogP contribution >= 0.6 is 0 Å². The van der Waals surface area contributed by atoms with Crippen LogP contribution in [-0.4, -0.2) is 40.3 Å². The van der Waals surface area contributed by atoms with Crippen LogP contribution in [0.2, 0.25) is 0 Å². The van der Waals surface area contributed by atoms with Gasteiger partial charge >= 0.3 is 0 Å². The molecule has 0 bridgehead atoms. The highest BCUT2D eigenvalue weighted by atomic mass is 19.1. The molecule has 1 N–H and O–H groups in total.